The van der Waals surface area contributed by atoms with Crippen molar-refractivity contribution in [1.82, 2.24) is 20.6 Å². The molecular formula is C13H22N4O2. The van der Waals surface area contributed by atoms with E-state index in [1.165, 1.54) is 0 Å². The van der Waals surface area contributed by atoms with Gasteiger partial charge in [-0.1, -0.05) is 0 Å². The van der Waals surface area contributed by atoms with Crippen LogP contribution in [0.5, 0.6) is 0 Å². The molecule has 106 valence electrons. The molecule has 0 aromatic carbocycles. The molecule has 6 heteroatoms. The molecule has 0 fully saturated rings. The third kappa shape index (κ3) is 7.35. The lowest BCUT2D eigenvalue weighted by atomic mass is 10.2. The average Bonchev–Trinajstić information content (AvgIpc) is 2.26. The molecule has 0 aliphatic heterocycles. The lowest BCUT2D eigenvalue weighted by molar-refractivity contribution is 0.0528. The number of rotatable bonds is 5. The number of nitrogens with zero attached hydrogens (tertiary/aromatic N) is 2. The van der Waals surface area contributed by atoms with Gasteiger partial charge in [-0.05, 0) is 33.8 Å². The molecule has 0 radical (unpaired) electrons. The second-order valence-corrected chi connectivity index (χ2v) is 5.20. The topological polar surface area (TPSA) is 76.1 Å². The van der Waals surface area contributed by atoms with Crippen molar-refractivity contribution in [3.05, 3.63) is 23.8 Å². The van der Waals surface area contributed by atoms with Crippen LogP contribution >= 0.6 is 0 Å². The predicted octanol–water partition coefficient (Wildman–Crippen LogP) is 1.40. The van der Waals surface area contributed by atoms with Crippen molar-refractivity contribution >= 4 is 6.09 Å². The zero-order valence-electron chi connectivity index (χ0n) is 12.0. The smallest absolute Gasteiger partial charge is 0.407 e. The van der Waals surface area contributed by atoms with Crippen LogP contribution in [0.3, 0.4) is 0 Å². The molecule has 1 heterocycles. The molecule has 0 aliphatic rings. The quantitative estimate of drug-likeness (QED) is 0.788. The van der Waals surface area contributed by atoms with E-state index in [0.717, 1.165) is 11.5 Å². The number of alkyl carbamates (subject to hydrolysis) is 1. The van der Waals surface area contributed by atoms with Crippen LogP contribution in [0, 0.1) is 6.92 Å². The molecule has 1 aromatic rings. The predicted molar refractivity (Wildman–Crippen MR) is 72.7 cm³/mol. The highest BCUT2D eigenvalue weighted by atomic mass is 16.6. The van der Waals surface area contributed by atoms with Crippen LogP contribution in [0.2, 0.25) is 0 Å². The maximum absolute atomic E-state index is 11.4. The summed E-state index contributed by atoms with van der Waals surface area (Å²) in [7, 11) is 0. The second kappa shape index (κ2) is 7.04. The van der Waals surface area contributed by atoms with Gasteiger partial charge in [0.1, 0.15) is 11.4 Å². The van der Waals surface area contributed by atoms with Crippen molar-refractivity contribution in [1.29, 1.82) is 0 Å². The second-order valence-electron chi connectivity index (χ2n) is 5.20. The third-order valence-electron chi connectivity index (χ3n) is 2.11. The summed E-state index contributed by atoms with van der Waals surface area (Å²) in [4.78, 5) is 19.7. The van der Waals surface area contributed by atoms with Gasteiger partial charge in [0, 0.05) is 25.8 Å². The van der Waals surface area contributed by atoms with Gasteiger partial charge in [0.25, 0.3) is 0 Å². The fraction of sp³-hybridized carbons (Fsp3) is 0.615. The van der Waals surface area contributed by atoms with Crippen LogP contribution in [0.1, 0.15) is 32.3 Å². The van der Waals surface area contributed by atoms with Crippen molar-refractivity contribution in [2.45, 2.75) is 39.8 Å². The van der Waals surface area contributed by atoms with Crippen LogP contribution in [0.15, 0.2) is 12.3 Å². The Bertz CT molecular complexity index is 415. The van der Waals surface area contributed by atoms with E-state index in [9.17, 15) is 4.79 Å². The van der Waals surface area contributed by atoms with E-state index in [4.69, 9.17) is 4.74 Å². The third-order valence-corrected chi connectivity index (χ3v) is 2.11. The number of nitrogens with one attached hydrogen (secondary N) is 2. The molecule has 0 saturated heterocycles. The molecule has 6 nitrogen and oxygen atoms in total. The van der Waals surface area contributed by atoms with Gasteiger partial charge in [0.15, 0.2) is 0 Å². The summed E-state index contributed by atoms with van der Waals surface area (Å²) in [6.07, 6.45) is 1.34. The van der Waals surface area contributed by atoms with Crippen molar-refractivity contribution < 1.29 is 9.53 Å². The standard InChI is InChI=1S/C13H22N4O2/c1-10-15-6-5-11(17-10)9-14-7-8-16-12(18)19-13(2,3)4/h5-6,14H,7-9H2,1-4H3,(H,16,18). The lowest BCUT2D eigenvalue weighted by Gasteiger charge is -2.19. The largest absolute Gasteiger partial charge is 0.444 e. The Morgan fingerprint density at radius 2 is 2.11 bits per heavy atom. The van der Waals surface area contributed by atoms with Crippen LogP contribution in [-0.4, -0.2) is 34.8 Å². The molecule has 0 aliphatic carbocycles. The molecule has 1 rings (SSSR count). The number of aryl methyl sites for hydroxylation is 1. The van der Waals surface area contributed by atoms with Crippen LogP contribution in [-0.2, 0) is 11.3 Å². The molecule has 0 unspecified atom stereocenters. The van der Waals surface area contributed by atoms with Gasteiger partial charge in [-0.2, -0.15) is 0 Å². The van der Waals surface area contributed by atoms with Gasteiger partial charge < -0.3 is 15.4 Å². The summed E-state index contributed by atoms with van der Waals surface area (Å²) < 4.78 is 5.12. The van der Waals surface area contributed by atoms with Gasteiger partial charge in [0.05, 0.1) is 5.69 Å². The van der Waals surface area contributed by atoms with Gasteiger partial charge in [0.2, 0.25) is 0 Å². The number of ether oxygens (including phenoxy) is 1. The molecule has 1 aromatic heterocycles. The molecule has 0 saturated carbocycles. The first-order valence-electron chi connectivity index (χ1n) is 6.33. The molecule has 19 heavy (non-hydrogen) atoms. The number of hydrogen-bond donors (Lipinski definition) is 2. The number of carbonyl (C=O) groups excluding carboxylic acids is 1. The van der Waals surface area contributed by atoms with Gasteiger partial charge >= 0.3 is 6.09 Å². The molecule has 0 atom stereocenters. The van der Waals surface area contributed by atoms with Crippen LogP contribution < -0.4 is 10.6 Å². The Hall–Kier alpha value is -1.69. The number of amides is 1. The summed E-state index contributed by atoms with van der Waals surface area (Å²) in [6, 6.07) is 1.86. The van der Waals surface area contributed by atoms with Crippen molar-refractivity contribution in [3.63, 3.8) is 0 Å². The van der Waals surface area contributed by atoms with Crippen molar-refractivity contribution in [3.8, 4) is 0 Å². The van der Waals surface area contributed by atoms with E-state index < -0.39 is 11.7 Å². The van der Waals surface area contributed by atoms with Gasteiger partial charge in [-0.25, -0.2) is 14.8 Å². The summed E-state index contributed by atoms with van der Waals surface area (Å²) in [5.41, 5.74) is 0.473. The fourth-order valence-electron chi connectivity index (χ4n) is 1.39. The minimum Gasteiger partial charge on any atom is -0.444 e. The molecule has 2 N–H and O–H groups in total. The highest BCUT2D eigenvalue weighted by Gasteiger charge is 2.15. The first kappa shape index (κ1) is 15.4. The monoisotopic (exact) mass is 266 g/mol. The minimum atomic E-state index is -0.462. The van der Waals surface area contributed by atoms with E-state index >= 15 is 0 Å². The van der Waals surface area contributed by atoms with Crippen LogP contribution in [0.25, 0.3) is 0 Å². The van der Waals surface area contributed by atoms with E-state index in [-0.39, 0.29) is 0 Å². The van der Waals surface area contributed by atoms with E-state index in [0.29, 0.717) is 19.6 Å². The zero-order valence-corrected chi connectivity index (χ0v) is 12.0. The Labute approximate surface area is 114 Å². The maximum atomic E-state index is 11.4. The Balaban J connectivity index is 2.13. The summed E-state index contributed by atoms with van der Waals surface area (Å²) in [6.45, 7) is 9.18. The summed E-state index contributed by atoms with van der Waals surface area (Å²) >= 11 is 0. The number of carbonyl (C=O) groups is 1. The van der Waals surface area contributed by atoms with E-state index in [1.54, 1.807) is 6.20 Å². The number of hydrogen-bond acceptors (Lipinski definition) is 5. The van der Waals surface area contributed by atoms with Gasteiger partial charge in [-0.15, -0.1) is 0 Å². The molecule has 1 amide bonds. The average molecular weight is 266 g/mol. The Morgan fingerprint density at radius 3 is 2.74 bits per heavy atom. The Morgan fingerprint density at radius 1 is 1.37 bits per heavy atom. The minimum absolute atomic E-state index is 0.396. The SMILES string of the molecule is Cc1nccc(CNCCNC(=O)OC(C)(C)C)n1. The zero-order chi connectivity index (χ0) is 14.3. The van der Waals surface area contributed by atoms with Crippen molar-refractivity contribution in [2.75, 3.05) is 13.1 Å². The Kier molecular flexibility index (Phi) is 5.69. The number of aromatic nitrogens is 2. The normalized spacial score (nSPS) is 11.2. The van der Waals surface area contributed by atoms with Gasteiger partial charge in [-0.3, -0.25) is 0 Å². The lowest BCUT2D eigenvalue weighted by Crippen LogP contribution is -2.36. The maximum Gasteiger partial charge on any atom is 0.407 e. The highest BCUT2D eigenvalue weighted by molar-refractivity contribution is 5.67. The first-order chi connectivity index (χ1) is 8.87. The summed E-state index contributed by atoms with van der Waals surface area (Å²) in [5.74, 6) is 0.756. The highest BCUT2D eigenvalue weighted by Crippen LogP contribution is 2.05. The molecule has 0 spiro atoms. The fourth-order valence-corrected chi connectivity index (χ4v) is 1.39. The molecule has 0 bridgehead atoms. The first-order valence-corrected chi connectivity index (χ1v) is 6.33. The van der Waals surface area contributed by atoms with E-state index in [2.05, 4.69) is 20.6 Å². The van der Waals surface area contributed by atoms with Crippen LogP contribution in [0.4, 0.5) is 4.79 Å². The van der Waals surface area contributed by atoms with E-state index in [1.807, 2.05) is 33.8 Å². The van der Waals surface area contributed by atoms with Crippen molar-refractivity contribution in [2.24, 2.45) is 0 Å². The molecular weight excluding hydrogens is 244 g/mol. The summed E-state index contributed by atoms with van der Waals surface area (Å²) in [5, 5.41) is 5.87.